The van der Waals surface area contributed by atoms with E-state index >= 15 is 0 Å². The minimum Gasteiger partial charge on any atom is -0.490 e. The van der Waals surface area contributed by atoms with Gasteiger partial charge < -0.3 is 10.1 Å². The lowest BCUT2D eigenvalue weighted by molar-refractivity contribution is -0.118. The first-order valence-electron chi connectivity index (χ1n) is 8.28. The fraction of sp³-hybridized carbons (Fsp3) is 0.526. The standard InChI is InChI=1S/C19H25N3O2/c1-13(2)12-14-16(19(14,3)4)18(23)22-17-15(8-7-10-21-17)24-11-6-5-9-20/h7-8,10,12,14,16H,5-6,11H2,1-4H3,(H,21,22,23). The lowest BCUT2D eigenvalue weighted by Gasteiger charge is -2.11. The van der Waals surface area contributed by atoms with E-state index in [1.807, 2.05) is 0 Å². The Morgan fingerprint density at radius 1 is 1.50 bits per heavy atom. The Kier molecular flexibility index (Phi) is 5.61. The topological polar surface area (TPSA) is 75.0 Å². The van der Waals surface area contributed by atoms with Crippen molar-refractivity contribution >= 4 is 11.7 Å². The molecule has 1 heterocycles. The lowest BCUT2D eigenvalue weighted by Crippen LogP contribution is -2.18. The van der Waals surface area contributed by atoms with Gasteiger partial charge in [-0.15, -0.1) is 0 Å². The molecule has 5 heteroatoms. The summed E-state index contributed by atoms with van der Waals surface area (Å²) in [5.74, 6) is 1.16. The van der Waals surface area contributed by atoms with Crippen LogP contribution in [-0.4, -0.2) is 17.5 Å². The number of pyridine rings is 1. The van der Waals surface area contributed by atoms with Gasteiger partial charge in [0.2, 0.25) is 5.91 Å². The maximum Gasteiger partial charge on any atom is 0.229 e. The molecule has 0 aliphatic heterocycles. The molecule has 2 atom stereocenters. The van der Waals surface area contributed by atoms with Crippen LogP contribution in [-0.2, 0) is 4.79 Å². The Balaban J connectivity index is 2.02. The number of aromatic nitrogens is 1. The summed E-state index contributed by atoms with van der Waals surface area (Å²) in [5.41, 5.74) is 1.19. The van der Waals surface area contributed by atoms with E-state index in [1.165, 1.54) is 5.57 Å². The van der Waals surface area contributed by atoms with E-state index in [4.69, 9.17) is 10.00 Å². The fourth-order valence-electron chi connectivity index (χ4n) is 2.98. The van der Waals surface area contributed by atoms with Gasteiger partial charge in [-0.05, 0) is 43.7 Å². The van der Waals surface area contributed by atoms with Crippen molar-refractivity contribution in [3.8, 4) is 11.8 Å². The van der Waals surface area contributed by atoms with Crippen LogP contribution in [0.2, 0.25) is 0 Å². The summed E-state index contributed by atoms with van der Waals surface area (Å²) in [5, 5.41) is 11.5. The second-order valence-electron chi connectivity index (χ2n) is 7.02. The summed E-state index contributed by atoms with van der Waals surface area (Å²) in [6.07, 6.45) is 4.89. The second-order valence-corrected chi connectivity index (χ2v) is 7.02. The van der Waals surface area contributed by atoms with Crippen molar-refractivity contribution in [2.75, 3.05) is 11.9 Å². The third kappa shape index (κ3) is 4.14. The van der Waals surface area contributed by atoms with E-state index < -0.39 is 0 Å². The highest BCUT2D eigenvalue weighted by Gasteiger charge is 2.60. The van der Waals surface area contributed by atoms with Crippen molar-refractivity contribution in [2.24, 2.45) is 17.3 Å². The first kappa shape index (κ1) is 18.0. The van der Waals surface area contributed by atoms with Crippen molar-refractivity contribution in [3.05, 3.63) is 30.0 Å². The molecular weight excluding hydrogens is 302 g/mol. The summed E-state index contributed by atoms with van der Waals surface area (Å²) in [6.45, 7) is 8.75. The van der Waals surface area contributed by atoms with Crippen molar-refractivity contribution in [3.63, 3.8) is 0 Å². The van der Waals surface area contributed by atoms with Crippen LogP contribution >= 0.6 is 0 Å². The van der Waals surface area contributed by atoms with Crippen LogP contribution in [0.25, 0.3) is 0 Å². The molecule has 1 aromatic rings. The highest BCUT2D eigenvalue weighted by Crippen LogP contribution is 2.59. The van der Waals surface area contributed by atoms with Crippen LogP contribution < -0.4 is 10.1 Å². The van der Waals surface area contributed by atoms with Crippen molar-refractivity contribution in [1.82, 2.24) is 4.98 Å². The number of hydrogen-bond donors (Lipinski definition) is 1. The molecule has 1 saturated carbocycles. The number of nitrogens with zero attached hydrogens (tertiary/aromatic N) is 2. The van der Waals surface area contributed by atoms with Crippen LogP contribution in [0.15, 0.2) is 30.0 Å². The Morgan fingerprint density at radius 2 is 2.25 bits per heavy atom. The number of hydrogen-bond acceptors (Lipinski definition) is 4. The van der Waals surface area contributed by atoms with Gasteiger partial charge in [-0.3, -0.25) is 4.79 Å². The minimum atomic E-state index is -0.0548. The van der Waals surface area contributed by atoms with Gasteiger partial charge >= 0.3 is 0 Å². The minimum absolute atomic E-state index is 0.0249. The Labute approximate surface area is 143 Å². The zero-order valence-electron chi connectivity index (χ0n) is 14.8. The molecule has 0 radical (unpaired) electrons. The van der Waals surface area contributed by atoms with Gasteiger partial charge in [0.05, 0.1) is 18.6 Å². The molecule has 0 aromatic carbocycles. The molecule has 0 saturated heterocycles. The van der Waals surface area contributed by atoms with Gasteiger partial charge in [-0.1, -0.05) is 25.5 Å². The predicted octanol–water partition coefficient (Wildman–Crippen LogP) is 3.94. The van der Waals surface area contributed by atoms with Crippen molar-refractivity contribution in [2.45, 2.75) is 40.5 Å². The molecule has 24 heavy (non-hydrogen) atoms. The van der Waals surface area contributed by atoms with E-state index in [2.05, 4.69) is 50.1 Å². The molecule has 1 N–H and O–H groups in total. The number of carbonyl (C=O) groups excluding carboxylic acids is 1. The number of carbonyl (C=O) groups is 1. The highest BCUT2D eigenvalue weighted by atomic mass is 16.5. The zero-order chi connectivity index (χ0) is 17.7. The van der Waals surface area contributed by atoms with Gasteiger partial charge in [0.1, 0.15) is 0 Å². The van der Waals surface area contributed by atoms with Crippen LogP contribution in [0.5, 0.6) is 5.75 Å². The molecule has 1 fully saturated rings. The molecule has 0 bridgehead atoms. The number of nitriles is 1. The first-order chi connectivity index (χ1) is 11.4. The van der Waals surface area contributed by atoms with Crippen molar-refractivity contribution in [1.29, 1.82) is 5.26 Å². The number of ether oxygens (including phenoxy) is 1. The molecule has 1 aliphatic carbocycles. The Bertz CT molecular complexity index is 669. The Hall–Kier alpha value is -2.35. The highest BCUT2D eigenvalue weighted by molar-refractivity contribution is 5.96. The average Bonchev–Trinajstić information content (AvgIpc) is 3.05. The van der Waals surface area contributed by atoms with E-state index in [9.17, 15) is 4.79 Å². The van der Waals surface area contributed by atoms with Gasteiger partial charge in [0.15, 0.2) is 11.6 Å². The maximum absolute atomic E-state index is 12.6. The lowest BCUT2D eigenvalue weighted by atomic mass is 10.1. The van der Waals surface area contributed by atoms with Crippen LogP contribution in [0.3, 0.4) is 0 Å². The SMILES string of the molecule is CC(C)=CC1C(C(=O)Nc2ncccc2OCCCC#N)C1(C)C. The number of unbranched alkanes of at least 4 members (excludes halogenated alkanes) is 1. The molecular formula is C19H25N3O2. The van der Waals surface area contributed by atoms with E-state index in [0.29, 0.717) is 31.0 Å². The number of allylic oxidation sites excluding steroid dienone is 2. The number of anilines is 1. The molecule has 0 spiro atoms. The second kappa shape index (κ2) is 7.48. The Morgan fingerprint density at radius 3 is 2.92 bits per heavy atom. The molecule has 1 aliphatic rings. The van der Waals surface area contributed by atoms with Gasteiger partial charge in [-0.2, -0.15) is 5.26 Å². The molecule has 5 nitrogen and oxygen atoms in total. The summed E-state index contributed by atoms with van der Waals surface area (Å²) in [7, 11) is 0. The third-order valence-corrected chi connectivity index (χ3v) is 4.41. The largest absolute Gasteiger partial charge is 0.490 e. The molecule has 1 aromatic heterocycles. The number of nitrogens with one attached hydrogen (secondary N) is 1. The summed E-state index contributed by atoms with van der Waals surface area (Å²) in [6, 6.07) is 5.63. The van der Waals surface area contributed by atoms with Crippen LogP contribution in [0.4, 0.5) is 5.82 Å². The van der Waals surface area contributed by atoms with E-state index in [0.717, 1.165) is 0 Å². The number of amides is 1. The van der Waals surface area contributed by atoms with Crippen molar-refractivity contribution < 1.29 is 9.53 Å². The summed E-state index contributed by atoms with van der Waals surface area (Å²) < 4.78 is 5.64. The van der Waals surface area contributed by atoms with E-state index in [-0.39, 0.29) is 23.2 Å². The maximum atomic E-state index is 12.6. The summed E-state index contributed by atoms with van der Waals surface area (Å²) >= 11 is 0. The van der Waals surface area contributed by atoms with Crippen LogP contribution in [0, 0.1) is 28.6 Å². The monoisotopic (exact) mass is 327 g/mol. The summed E-state index contributed by atoms with van der Waals surface area (Å²) in [4.78, 5) is 16.9. The fourth-order valence-corrected chi connectivity index (χ4v) is 2.98. The average molecular weight is 327 g/mol. The van der Waals surface area contributed by atoms with E-state index in [1.54, 1.807) is 18.3 Å². The molecule has 2 rings (SSSR count). The molecule has 128 valence electrons. The smallest absolute Gasteiger partial charge is 0.229 e. The van der Waals surface area contributed by atoms with Gasteiger partial charge in [-0.25, -0.2) is 4.98 Å². The number of rotatable bonds is 7. The van der Waals surface area contributed by atoms with Crippen LogP contribution in [0.1, 0.15) is 40.5 Å². The predicted molar refractivity (Wildman–Crippen MR) is 93.4 cm³/mol. The van der Waals surface area contributed by atoms with Gasteiger partial charge in [0.25, 0.3) is 0 Å². The molecule has 2 unspecified atom stereocenters. The molecule has 1 amide bonds. The zero-order valence-corrected chi connectivity index (χ0v) is 14.8. The normalized spacial score (nSPS) is 20.6. The first-order valence-corrected chi connectivity index (χ1v) is 8.28. The third-order valence-electron chi connectivity index (χ3n) is 4.41. The quantitative estimate of drug-likeness (QED) is 0.608. The van der Waals surface area contributed by atoms with Gasteiger partial charge in [0, 0.05) is 12.6 Å².